The van der Waals surface area contributed by atoms with Gasteiger partial charge in [-0.1, -0.05) is 18.2 Å². The van der Waals surface area contributed by atoms with E-state index in [1.54, 1.807) is 24.3 Å². The van der Waals surface area contributed by atoms with Crippen LogP contribution in [0, 0.1) is 5.82 Å². The Kier molecular flexibility index (Phi) is 4.66. The number of methoxy groups -OCH3 is 1. The second-order valence-corrected chi connectivity index (χ2v) is 7.50. The molecule has 0 radical (unpaired) electrons. The first kappa shape index (κ1) is 19.8. The SMILES string of the molecule is COc1cc(C2CC(=O)Oc3ccc4c(=O)c(-c5ccc(F)cc5)coc4c32)ccc1O. The number of aromatic hydroxyl groups is 1. The first-order valence-corrected chi connectivity index (χ1v) is 9.88. The summed E-state index contributed by atoms with van der Waals surface area (Å²) in [6.07, 6.45) is 1.37. The molecule has 32 heavy (non-hydrogen) atoms. The van der Waals surface area contributed by atoms with Crippen LogP contribution in [0.15, 0.2) is 70.1 Å². The maximum absolute atomic E-state index is 13.3. The predicted molar refractivity (Wildman–Crippen MR) is 115 cm³/mol. The molecule has 5 rings (SSSR count). The second kappa shape index (κ2) is 7.53. The highest BCUT2D eigenvalue weighted by Crippen LogP contribution is 2.44. The molecule has 1 aliphatic rings. The summed E-state index contributed by atoms with van der Waals surface area (Å²) >= 11 is 0. The minimum absolute atomic E-state index is 0.0248. The molecule has 3 aromatic carbocycles. The van der Waals surface area contributed by atoms with Crippen molar-refractivity contribution >= 4 is 16.9 Å². The number of carbonyl (C=O) groups excluding carboxylic acids is 1. The summed E-state index contributed by atoms with van der Waals surface area (Å²) in [5, 5.41) is 10.3. The number of esters is 1. The van der Waals surface area contributed by atoms with Crippen LogP contribution in [0.5, 0.6) is 17.2 Å². The highest BCUT2D eigenvalue weighted by atomic mass is 19.1. The van der Waals surface area contributed by atoms with Crippen molar-refractivity contribution in [2.45, 2.75) is 12.3 Å². The molecule has 4 aromatic rings. The Hall–Kier alpha value is -4.13. The Morgan fingerprint density at radius 3 is 2.59 bits per heavy atom. The highest BCUT2D eigenvalue weighted by Gasteiger charge is 2.32. The van der Waals surface area contributed by atoms with Gasteiger partial charge in [-0.3, -0.25) is 9.59 Å². The fourth-order valence-corrected chi connectivity index (χ4v) is 4.08. The van der Waals surface area contributed by atoms with Crippen LogP contribution in [0.1, 0.15) is 23.5 Å². The van der Waals surface area contributed by atoms with Gasteiger partial charge in [-0.05, 0) is 47.5 Å². The lowest BCUT2D eigenvalue weighted by atomic mass is 9.85. The lowest BCUT2D eigenvalue weighted by Gasteiger charge is -2.26. The standard InChI is InChI=1S/C25H17FO6/c1-30-21-10-14(4-8-19(21)27)17-11-22(28)32-20-9-7-16-24(29)18(12-31-25(16)23(17)20)13-2-5-15(26)6-3-13/h2-10,12,17,27H,11H2,1H3. The van der Waals surface area contributed by atoms with E-state index in [2.05, 4.69) is 0 Å². The van der Waals surface area contributed by atoms with Crippen molar-refractivity contribution in [2.24, 2.45) is 0 Å². The molecule has 0 amide bonds. The molecular formula is C25H17FO6. The van der Waals surface area contributed by atoms with Crippen LogP contribution in [-0.4, -0.2) is 18.2 Å². The van der Waals surface area contributed by atoms with E-state index in [1.165, 1.54) is 43.7 Å². The molecule has 1 unspecified atom stereocenters. The number of carbonyl (C=O) groups is 1. The molecular weight excluding hydrogens is 415 g/mol. The van der Waals surface area contributed by atoms with Gasteiger partial charge >= 0.3 is 5.97 Å². The van der Waals surface area contributed by atoms with Crippen LogP contribution < -0.4 is 14.9 Å². The number of halogens is 1. The number of hydrogen-bond acceptors (Lipinski definition) is 6. The molecule has 0 bridgehead atoms. The third kappa shape index (κ3) is 3.19. The lowest BCUT2D eigenvalue weighted by Crippen LogP contribution is -2.22. The van der Waals surface area contributed by atoms with Crippen molar-refractivity contribution in [2.75, 3.05) is 7.11 Å². The predicted octanol–water partition coefficient (Wildman–Crippen LogP) is 4.75. The van der Waals surface area contributed by atoms with Gasteiger partial charge in [0, 0.05) is 11.5 Å². The van der Waals surface area contributed by atoms with Crippen molar-refractivity contribution in [1.29, 1.82) is 0 Å². The van der Waals surface area contributed by atoms with E-state index < -0.39 is 17.7 Å². The summed E-state index contributed by atoms with van der Waals surface area (Å²) in [5.41, 5.74) is 2.13. The summed E-state index contributed by atoms with van der Waals surface area (Å²) in [5.74, 6) is -0.736. The Morgan fingerprint density at radius 1 is 1.06 bits per heavy atom. The molecule has 1 atom stereocenters. The topological polar surface area (TPSA) is 86.0 Å². The van der Waals surface area contributed by atoms with Crippen LogP contribution in [0.4, 0.5) is 4.39 Å². The van der Waals surface area contributed by atoms with E-state index in [-0.39, 0.29) is 23.3 Å². The van der Waals surface area contributed by atoms with E-state index in [0.29, 0.717) is 39.0 Å². The van der Waals surface area contributed by atoms with E-state index in [1.807, 2.05) is 0 Å². The molecule has 1 N–H and O–H groups in total. The third-order valence-electron chi connectivity index (χ3n) is 5.64. The number of phenols is 1. The number of phenolic OH excluding ortho intramolecular Hbond substituents is 1. The van der Waals surface area contributed by atoms with Crippen molar-refractivity contribution < 1.29 is 28.2 Å². The van der Waals surface area contributed by atoms with Gasteiger partial charge in [-0.15, -0.1) is 0 Å². The molecule has 0 saturated carbocycles. The van der Waals surface area contributed by atoms with Crippen LogP contribution >= 0.6 is 0 Å². The smallest absolute Gasteiger partial charge is 0.312 e. The van der Waals surface area contributed by atoms with Gasteiger partial charge in [-0.25, -0.2) is 4.39 Å². The van der Waals surface area contributed by atoms with Crippen molar-refractivity contribution in [3.05, 3.63) is 88.0 Å². The summed E-state index contributed by atoms with van der Waals surface area (Å²) in [4.78, 5) is 25.5. The van der Waals surface area contributed by atoms with Crippen molar-refractivity contribution in [3.8, 4) is 28.4 Å². The normalized spacial score (nSPS) is 15.3. The highest BCUT2D eigenvalue weighted by molar-refractivity contribution is 5.90. The lowest BCUT2D eigenvalue weighted by molar-refractivity contribution is -0.135. The Morgan fingerprint density at radius 2 is 1.84 bits per heavy atom. The average molecular weight is 432 g/mol. The second-order valence-electron chi connectivity index (χ2n) is 7.50. The maximum Gasteiger partial charge on any atom is 0.312 e. The molecule has 0 saturated heterocycles. The molecule has 0 fully saturated rings. The van der Waals surface area contributed by atoms with Gasteiger partial charge in [0.2, 0.25) is 5.43 Å². The maximum atomic E-state index is 13.3. The van der Waals surface area contributed by atoms with Gasteiger partial charge in [0.25, 0.3) is 0 Å². The van der Waals surface area contributed by atoms with Gasteiger partial charge in [0.15, 0.2) is 11.5 Å². The van der Waals surface area contributed by atoms with Crippen molar-refractivity contribution in [1.82, 2.24) is 0 Å². The fourth-order valence-electron chi connectivity index (χ4n) is 4.08. The van der Waals surface area contributed by atoms with E-state index in [0.717, 1.165) is 0 Å². The van der Waals surface area contributed by atoms with Crippen LogP contribution in [0.2, 0.25) is 0 Å². The van der Waals surface area contributed by atoms with Crippen molar-refractivity contribution in [3.63, 3.8) is 0 Å². The zero-order valence-corrected chi connectivity index (χ0v) is 16.9. The van der Waals surface area contributed by atoms with Crippen LogP contribution in [0.3, 0.4) is 0 Å². The quantitative estimate of drug-likeness (QED) is 0.371. The molecule has 1 aromatic heterocycles. The zero-order chi connectivity index (χ0) is 22.4. The Labute approximate surface area is 181 Å². The van der Waals surface area contributed by atoms with Gasteiger partial charge in [0.05, 0.1) is 24.5 Å². The fraction of sp³-hybridized carbons (Fsp3) is 0.120. The van der Waals surface area contributed by atoms with E-state index in [4.69, 9.17) is 13.9 Å². The van der Waals surface area contributed by atoms with Gasteiger partial charge < -0.3 is 19.0 Å². The van der Waals surface area contributed by atoms with Gasteiger partial charge in [0.1, 0.15) is 23.4 Å². The van der Waals surface area contributed by atoms with Crippen LogP contribution in [0.25, 0.3) is 22.1 Å². The Balaban J connectivity index is 1.72. The molecule has 7 heteroatoms. The molecule has 160 valence electrons. The Bertz CT molecular complexity index is 1420. The van der Waals surface area contributed by atoms with E-state index >= 15 is 0 Å². The average Bonchev–Trinajstić information content (AvgIpc) is 2.79. The zero-order valence-electron chi connectivity index (χ0n) is 16.9. The number of hydrogen-bond donors (Lipinski definition) is 1. The summed E-state index contributed by atoms with van der Waals surface area (Å²) in [7, 11) is 1.44. The largest absolute Gasteiger partial charge is 0.504 e. The minimum Gasteiger partial charge on any atom is -0.504 e. The van der Waals surface area contributed by atoms with E-state index in [9.17, 15) is 19.1 Å². The summed E-state index contributed by atoms with van der Waals surface area (Å²) in [6.45, 7) is 0. The molecule has 6 nitrogen and oxygen atoms in total. The number of fused-ring (bicyclic) bond motifs is 3. The summed E-state index contributed by atoms with van der Waals surface area (Å²) in [6, 6.07) is 13.5. The first-order valence-electron chi connectivity index (χ1n) is 9.88. The van der Waals surface area contributed by atoms with Gasteiger partial charge in [-0.2, -0.15) is 0 Å². The third-order valence-corrected chi connectivity index (χ3v) is 5.64. The molecule has 2 heterocycles. The first-order chi connectivity index (χ1) is 15.5. The molecule has 1 aliphatic heterocycles. The number of rotatable bonds is 3. The molecule has 0 spiro atoms. The summed E-state index contributed by atoms with van der Waals surface area (Å²) < 4.78 is 29.8. The monoisotopic (exact) mass is 432 g/mol. The molecule has 0 aliphatic carbocycles. The number of ether oxygens (including phenoxy) is 2. The number of benzene rings is 3. The minimum atomic E-state index is -0.468. The van der Waals surface area contributed by atoms with Crippen LogP contribution in [-0.2, 0) is 4.79 Å².